The van der Waals surface area contributed by atoms with Crippen LogP contribution >= 0.6 is 22.7 Å². The molecule has 1 amide bonds. The smallest absolute Gasteiger partial charge is 0.358 e. The lowest BCUT2D eigenvalue weighted by Crippen LogP contribution is -2.37. The number of carbonyl (C=O) groups excluding carboxylic acids is 2. The number of thiophene rings is 1. The summed E-state index contributed by atoms with van der Waals surface area (Å²) in [7, 11) is 0. The second kappa shape index (κ2) is 5.95. The molecule has 1 aliphatic carbocycles. The van der Waals surface area contributed by atoms with Gasteiger partial charge in [-0.2, -0.15) is 11.3 Å². The van der Waals surface area contributed by atoms with E-state index in [0.717, 1.165) is 23.4 Å². The second-order valence-corrected chi connectivity index (χ2v) is 6.52. The van der Waals surface area contributed by atoms with Gasteiger partial charge in [0, 0.05) is 22.4 Å². The number of rotatable bonds is 5. The first-order chi connectivity index (χ1) is 10.1. The van der Waals surface area contributed by atoms with Gasteiger partial charge in [0.25, 0.3) is 5.91 Å². The summed E-state index contributed by atoms with van der Waals surface area (Å²) in [5.41, 5.74) is 1.23. The molecular formula is C14H14N2O3S2. The van der Waals surface area contributed by atoms with Crippen molar-refractivity contribution >= 4 is 34.6 Å². The molecule has 3 rings (SSSR count). The lowest BCUT2D eigenvalue weighted by molar-refractivity contribution is -0.129. The summed E-state index contributed by atoms with van der Waals surface area (Å²) < 4.78 is 5.15. The molecule has 21 heavy (non-hydrogen) atoms. The highest BCUT2D eigenvalue weighted by Gasteiger charge is 2.27. The molecule has 1 fully saturated rings. The quantitative estimate of drug-likeness (QED) is 0.859. The molecule has 2 aromatic rings. The summed E-state index contributed by atoms with van der Waals surface area (Å²) in [6.45, 7) is 1.57. The van der Waals surface area contributed by atoms with E-state index in [1.807, 2.05) is 16.8 Å². The van der Waals surface area contributed by atoms with E-state index in [1.54, 1.807) is 23.6 Å². The SMILES string of the molecule is CC(OC(=O)c1csc(-c2ccsc2)n1)C(=O)NC1CC1. The molecule has 0 radical (unpaired) electrons. The van der Waals surface area contributed by atoms with Gasteiger partial charge in [0.15, 0.2) is 11.8 Å². The molecule has 5 nitrogen and oxygen atoms in total. The molecule has 110 valence electrons. The molecule has 0 aromatic carbocycles. The number of esters is 1. The van der Waals surface area contributed by atoms with Gasteiger partial charge in [-0.15, -0.1) is 11.3 Å². The number of amides is 1. The Morgan fingerprint density at radius 2 is 2.24 bits per heavy atom. The first-order valence-electron chi connectivity index (χ1n) is 6.63. The van der Waals surface area contributed by atoms with Crippen LogP contribution in [-0.2, 0) is 9.53 Å². The van der Waals surface area contributed by atoms with Crippen LogP contribution in [0.5, 0.6) is 0 Å². The van der Waals surface area contributed by atoms with Gasteiger partial charge in [-0.05, 0) is 31.2 Å². The molecule has 0 spiro atoms. The fraction of sp³-hybridized carbons (Fsp3) is 0.357. The zero-order valence-corrected chi connectivity index (χ0v) is 13.0. The van der Waals surface area contributed by atoms with E-state index in [4.69, 9.17) is 4.74 Å². The zero-order chi connectivity index (χ0) is 14.8. The number of aromatic nitrogens is 1. The van der Waals surface area contributed by atoms with E-state index in [-0.39, 0.29) is 17.6 Å². The monoisotopic (exact) mass is 322 g/mol. The maximum absolute atomic E-state index is 12.0. The highest BCUT2D eigenvalue weighted by atomic mass is 32.1. The number of nitrogens with one attached hydrogen (secondary N) is 1. The van der Waals surface area contributed by atoms with Crippen molar-refractivity contribution < 1.29 is 14.3 Å². The highest BCUT2D eigenvalue weighted by molar-refractivity contribution is 7.14. The third-order valence-corrected chi connectivity index (χ3v) is 4.63. The van der Waals surface area contributed by atoms with Gasteiger partial charge in [-0.3, -0.25) is 4.79 Å². The van der Waals surface area contributed by atoms with Gasteiger partial charge >= 0.3 is 5.97 Å². The average Bonchev–Trinajstić information content (AvgIpc) is 2.98. The number of hydrogen-bond donors (Lipinski definition) is 1. The molecule has 0 saturated heterocycles. The molecule has 1 unspecified atom stereocenters. The average molecular weight is 322 g/mol. The van der Waals surface area contributed by atoms with Gasteiger partial charge in [0.05, 0.1) is 0 Å². The molecule has 2 heterocycles. The summed E-state index contributed by atoms with van der Waals surface area (Å²) in [4.78, 5) is 28.0. The standard InChI is InChI=1S/C14H14N2O3S2/c1-8(12(17)15-10-2-3-10)19-14(18)11-7-21-13(16-11)9-4-5-20-6-9/h4-8,10H,2-3H2,1H3,(H,15,17). The lowest BCUT2D eigenvalue weighted by atomic mass is 10.3. The Morgan fingerprint density at radius 3 is 2.90 bits per heavy atom. The van der Waals surface area contributed by atoms with Crippen molar-refractivity contribution in [3.05, 3.63) is 27.9 Å². The Kier molecular flexibility index (Phi) is 4.03. The topological polar surface area (TPSA) is 68.3 Å². The minimum absolute atomic E-state index is 0.243. The zero-order valence-electron chi connectivity index (χ0n) is 11.4. The number of ether oxygens (including phenoxy) is 1. The molecule has 1 saturated carbocycles. The third-order valence-electron chi connectivity index (χ3n) is 3.06. The summed E-state index contributed by atoms with van der Waals surface area (Å²) in [6.07, 6.45) is 1.20. The van der Waals surface area contributed by atoms with Crippen molar-refractivity contribution in [3.8, 4) is 10.6 Å². The fourth-order valence-corrected chi connectivity index (χ4v) is 3.21. The summed E-state index contributed by atoms with van der Waals surface area (Å²) in [6, 6.07) is 2.20. The third kappa shape index (κ3) is 3.48. The predicted molar refractivity (Wildman–Crippen MR) is 81.5 cm³/mol. The minimum atomic E-state index is -0.801. The number of hydrogen-bond acceptors (Lipinski definition) is 6. The van der Waals surface area contributed by atoms with Gasteiger partial charge in [-0.1, -0.05) is 0 Å². The van der Waals surface area contributed by atoms with Crippen LogP contribution in [0, 0.1) is 0 Å². The van der Waals surface area contributed by atoms with Crippen molar-refractivity contribution in [1.82, 2.24) is 10.3 Å². The van der Waals surface area contributed by atoms with Crippen LogP contribution < -0.4 is 5.32 Å². The van der Waals surface area contributed by atoms with Gasteiger partial charge in [-0.25, -0.2) is 9.78 Å². The van der Waals surface area contributed by atoms with Gasteiger partial charge in [0.2, 0.25) is 0 Å². The first-order valence-corrected chi connectivity index (χ1v) is 8.45. The highest BCUT2D eigenvalue weighted by Crippen LogP contribution is 2.26. The van der Waals surface area contributed by atoms with Crippen LogP contribution in [-0.4, -0.2) is 29.0 Å². The Balaban J connectivity index is 1.61. The normalized spacial score (nSPS) is 15.5. The summed E-state index contributed by atoms with van der Waals surface area (Å²) in [5, 5.41) is 9.16. The van der Waals surface area contributed by atoms with Crippen LogP contribution in [0.25, 0.3) is 10.6 Å². The summed E-state index contributed by atoms with van der Waals surface area (Å²) in [5.74, 6) is -0.815. The molecule has 7 heteroatoms. The van der Waals surface area contributed by atoms with E-state index in [1.165, 1.54) is 11.3 Å². The Labute approximate surface area is 130 Å². The Hall–Kier alpha value is -1.73. The van der Waals surface area contributed by atoms with Crippen molar-refractivity contribution in [2.24, 2.45) is 0 Å². The fourth-order valence-electron chi connectivity index (χ4n) is 1.71. The molecule has 1 atom stereocenters. The van der Waals surface area contributed by atoms with Crippen molar-refractivity contribution in [2.75, 3.05) is 0 Å². The number of nitrogens with zero attached hydrogens (tertiary/aromatic N) is 1. The van der Waals surface area contributed by atoms with E-state index < -0.39 is 12.1 Å². The van der Waals surface area contributed by atoms with E-state index in [0.29, 0.717) is 0 Å². The first kappa shape index (κ1) is 14.2. The molecular weight excluding hydrogens is 308 g/mol. The van der Waals surface area contributed by atoms with Crippen LogP contribution in [0.15, 0.2) is 22.2 Å². The lowest BCUT2D eigenvalue weighted by Gasteiger charge is -2.12. The van der Waals surface area contributed by atoms with Gasteiger partial charge < -0.3 is 10.1 Å². The maximum atomic E-state index is 12.0. The van der Waals surface area contributed by atoms with Crippen LogP contribution in [0.2, 0.25) is 0 Å². The second-order valence-electron chi connectivity index (χ2n) is 4.88. The van der Waals surface area contributed by atoms with Gasteiger partial charge in [0.1, 0.15) is 5.01 Å². The van der Waals surface area contributed by atoms with E-state index >= 15 is 0 Å². The molecule has 1 aliphatic rings. The van der Waals surface area contributed by atoms with Crippen molar-refractivity contribution in [3.63, 3.8) is 0 Å². The van der Waals surface area contributed by atoms with Crippen LogP contribution in [0.3, 0.4) is 0 Å². The van der Waals surface area contributed by atoms with E-state index in [9.17, 15) is 9.59 Å². The Morgan fingerprint density at radius 1 is 1.43 bits per heavy atom. The maximum Gasteiger partial charge on any atom is 0.358 e. The molecule has 1 N–H and O–H groups in total. The summed E-state index contributed by atoms with van der Waals surface area (Å²) >= 11 is 2.96. The van der Waals surface area contributed by atoms with E-state index in [2.05, 4.69) is 10.3 Å². The largest absolute Gasteiger partial charge is 0.448 e. The number of carbonyl (C=O) groups is 2. The Bertz CT molecular complexity index is 647. The van der Waals surface area contributed by atoms with Crippen molar-refractivity contribution in [1.29, 1.82) is 0 Å². The minimum Gasteiger partial charge on any atom is -0.448 e. The molecule has 2 aromatic heterocycles. The number of thiazole rings is 1. The molecule has 0 bridgehead atoms. The van der Waals surface area contributed by atoms with Crippen LogP contribution in [0.4, 0.5) is 0 Å². The van der Waals surface area contributed by atoms with Crippen LogP contribution in [0.1, 0.15) is 30.3 Å². The predicted octanol–water partition coefficient (Wildman–Crippen LogP) is 2.70. The van der Waals surface area contributed by atoms with Crippen molar-refractivity contribution in [2.45, 2.75) is 31.9 Å². The molecule has 0 aliphatic heterocycles.